The number of methoxy groups -OCH3 is 1. The quantitative estimate of drug-likeness (QED) is 0.609. The number of benzene rings is 2. The number of rotatable bonds is 6. The first-order valence-electron chi connectivity index (χ1n) is 9.65. The van der Waals surface area contributed by atoms with Crippen LogP contribution < -0.4 is 19.5 Å². The van der Waals surface area contributed by atoms with Crippen molar-refractivity contribution in [1.82, 2.24) is 9.78 Å². The third-order valence-corrected chi connectivity index (χ3v) is 4.58. The minimum Gasteiger partial charge on any atom is -0.493 e. The van der Waals surface area contributed by atoms with Gasteiger partial charge in [0.15, 0.2) is 23.4 Å². The molecule has 9 nitrogen and oxygen atoms in total. The maximum absolute atomic E-state index is 12.6. The second kappa shape index (κ2) is 8.78. The number of nitrogens with one attached hydrogen (secondary N) is 1. The van der Waals surface area contributed by atoms with Crippen molar-refractivity contribution in [2.24, 2.45) is 0 Å². The van der Waals surface area contributed by atoms with Crippen molar-refractivity contribution < 1.29 is 28.5 Å². The van der Waals surface area contributed by atoms with Crippen LogP contribution in [0.3, 0.4) is 0 Å². The lowest BCUT2D eigenvalue weighted by Crippen LogP contribution is -2.30. The molecular weight excluding hydrogens is 402 g/mol. The second-order valence-electron chi connectivity index (χ2n) is 6.72. The highest BCUT2D eigenvalue weighted by Gasteiger charge is 2.25. The summed E-state index contributed by atoms with van der Waals surface area (Å²) < 4.78 is 23.0. The van der Waals surface area contributed by atoms with Crippen LogP contribution in [0.25, 0.3) is 5.69 Å². The Morgan fingerprint density at radius 3 is 2.58 bits per heavy atom. The molecule has 0 spiro atoms. The second-order valence-corrected chi connectivity index (χ2v) is 6.72. The molecule has 1 aliphatic heterocycles. The molecule has 1 unspecified atom stereocenters. The largest absolute Gasteiger partial charge is 0.493 e. The van der Waals surface area contributed by atoms with Crippen LogP contribution in [-0.4, -0.2) is 48.1 Å². The first-order valence-corrected chi connectivity index (χ1v) is 9.65. The topological polar surface area (TPSA) is 101 Å². The van der Waals surface area contributed by atoms with Gasteiger partial charge in [0.1, 0.15) is 13.2 Å². The molecule has 160 valence electrons. The average Bonchev–Trinajstić information content (AvgIpc) is 3.24. The summed E-state index contributed by atoms with van der Waals surface area (Å²) in [6.45, 7) is 2.40. The maximum atomic E-state index is 12.6. The van der Waals surface area contributed by atoms with Gasteiger partial charge in [-0.15, -0.1) is 0 Å². The summed E-state index contributed by atoms with van der Waals surface area (Å²) in [6, 6.07) is 14.3. The molecule has 0 saturated heterocycles. The summed E-state index contributed by atoms with van der Waals surface area (Å²) in [5.74, 6) is 0.144. The van der Waals surface area contributed by atoms with E-state index in [1.54, 1.807) is 24.4 Å². The van der Waals surface area contributed by atoms with E-state index < -0.39 is 18.0 Å². The van der Waals surface area contributed by atoms with Crippen molar-refractivity contribution in [3.8, 4) is 22.9 Å². The van der Waals surface area contributed by atoms with E-state index >= 15 is 0 Å². The Morgan fingerprint density at radius 2 is 1.84 bits per heavy atom. The Morgan fingerprint density at radius 1 is 1.10 bits per heavy atom. The number of carbonyl (C=O) groups excluding carboxylic acids is 2. The van der Waals surface area contributed by atoms with Crippen LogP contribution in [0.4, 0.5) is 5.69 Å². The number of aromatic nitrogens is 2. The van der Waals surface area contributed by atoms with Gasteiger partial charge >= 0.3 is 5.97 Å². The van der Waals surface area contributed by atoms with Crippen LogP contribution >= 0.6 is 0 Å². The predicted molar refractivity (Wildman–Crippen MR) is 111 cm³/mol. The van der Waals surface area contributed by atoms with Crippen LogP contribution in [0.15, 0.2) is 54.7 Å². The van der Waals surface area contributed by atoms with Crippen LogP contribution in [0.2, 0.25) is 0 Å². The highest BCUT2D eigenvalue weighted by atomic mass is 16.6. The monoisotopic (exact) mass is 423 g/mol. The van der Waals surface area contributed by atoms with E-state index in [2.05, 4.69) is 10.4 Å². The number of fused-ring (bicyclic) bond motifs is 1. The van der Waals surface area contributed by atoms with Crippen molar-refractivity contribution in [1.29, 1.82) is 0 Å². The highest BCUT2D eigenvalue weighted by molar-refractivity contribution is 5.97. The lowest BCUT2D eigenvalue weighted by Gasteiger charge is -2.19. The van der Waals surface area contributed by atoms with Gasteiger partial charge in [-0.2, -0.15) is 5.10 Å². The molecule has 0 fully saturated rings. The van der Waals surface area contributed by atoms with Gasteiger partial charge in [0, 0.05) is 11.8 Å². The molecule has 4 rings (SSSR count). The Labute approximate surface area is 178 Å². The number of ether oxygens (including phenoxy) is 4. The highest BCUT2D eigenvalue weighted by Crippen LogP contribution is 2.32. The maximum Gasteiger partial charge on any atom is 0.363 e. The number of para-hydroxylation sites is 1. The first kappa shape index (κ1) is 20.3. The Balaban J connectivity index is 1.43. The Bertz CT molecular complexity index is 1100. The van der Waals surface area contributed by atoms with Crippen LogP contribution in [0.5, 0.6) is 17.2 Å². The summed E-state index contributed by atoms with van der Waals surface area (Å²) in [7, 11) is 1.43. The van der Waals surface area contributed by atoms with Gasteiger partial charge < -0.3 is 24.3 Å². The number of esters is 1. The molecule has 1 amide bonds. The standard InChI is InChI=1S/C22H21N3O6/c1-14(21(26)23-15-8-9-17-18(12-15)30-11-10-29-17)31-22(27)20-19(28-2)13-25(24-20)16-6-4-3-5-7-16/h3-9,12-14H,10-11H2,1-2H3,(H,23,26). The molecule has 0 saturated carbocycles. The zero-order chi connectivity index (χ0) is 21.8. The Hall–Kier alpha value is -4.01. The minimum atomic E-state index is -1.06. The van der Waals surface area contributed by atoms with E-state index in [0.717, 1.165) is 5.69 Å². The molecule has 1 aromatic heterocycles. The zero-order valence-electron chi connectivity index (χ0n) is 17.0. The number of hydrogen-bond acceptors (Lipinski definition) is 7. The predicted octanol–water partition coefficient (Wildman–Crippen LogP) is 2.84. The normalized spacial score (nSPS) is 13.2. The van der Waals surface area contributed by atoms with Crippen molar-refractivity contribution in [2.75, 3.05) is 25.6 Å². The summed E-state index contributed by atoms with van der Waals surface area (Å²) >= 11 is 0. The smallest absolute Gasteiger partial charge is 0.363 e. The Kier molecular flexibility index (Phi) is 5.74. The number of nitrogens with zero attached hydrogens (tertiary/aromatic N) is 2. The van der Waals surface area contributed by atoms with Gasteiger partial charge in [-0.25, -0.2) is 9.48 Å². The number of amides is 1. The molecule has 2 heterocycles. The van der Waals surface area contributed by atoms with Crippen LogP contribution in [0.1, 0.15) is 17.4 Å². The molecule has 2 aromatic carbocycles. The zero-order valence-corrected chi connectivity index (χ0v) is 17.0. The van der Waals surface area contributed by atoms with Crippen LogP contribution in [0, 0.1) is 0 Å². The van der Waals surface area contributed by atoms with Crippen molar-refractivity contribution in [3.05, 3.63) is 60.4 Å². The number of anilines is 1. The van der Waals surface area contributed by atoms with Crippen molar-refractivity contribution in [3.63, 3.8) is 0 Å². The van der Waals surface area contributed by atoms with Gasteiger partial charge in [0.05, 0.1) is 19.0 Å². The van der Waals surface area contributed by atoms with Crippen molar-refractivity contribution >= 4 is 17.6 Å². The lowest BCUT2D eigenvalue weighted by atomic mass is 10.2. The van der Waals surface area contributed by atoms with E-state index in [1.165, 1.54) is 18.7 Å². The van der Waals surface area contributed by atoms with E-state index in [9.17, 15) is 9.59 Å². The van der Waals surface area contributed by atoms with Gasteiger partial charge in [-0.3, -0.25) is 4.79 Å². The summed E-state index contributed by atoms with van der Waals surface area (Å²) in [5.41, 5.74) is 1.23. The van der Waals surface area contributed by atoms with E-state index in [1.807, 2.05) is 30.3 Å². The van der Waals surface area contributed by atoms with E-state index in [-0.39, 0.29) is 11.4 Å². The first-order chi connectivity index (χ1) is 15.0. The molecule has 1 N–H and O–H groups in total. The SMILES string of the molecule is COc1cn(-c2ccccc2)nc1C(=O)OC(C)C(=O)Nc1ccc2c(c1)OCCO2. The van der Waals surface area contributed by atoms with Crippen LogP contribution in [-0.2, 0) is 9.53 Å². The molecule has 31 heavy (non-hydrogen) atoms. The average molecular weight is 423 g/mol. The molecule has 0 radical (unpaired) electrons. The van der Waals surface area contributed by atoms with Gasteiger partial charge in [0.2, 0.25) is 5.69 Å². The molecular formula is C22H21N3O6. The molecule has 0 bridgehead atoms. The molecule has 3 aromatic rings. The summed E-state index contributed by atoms with van der Waals surface area (Å²) in [5, 5.41) is 6.95. The third-order valence-electron chi connectivity index (χ3n) is 4.58. The fraction of sp³-hybridized carbons (Fsp3) is 0.227. The van der Waals surface area contributed by atoms with Gasteiger partial charge in [-0.1, -0.05) is 18.2 Å². The minimum absolute atomic E-state index is 0.0228. The van der Waals surface area contributed by atoms with Crippen molar-refractivity contribution in [2.45, 2.75) is 13.0 Å². The fourth-order valence-electron chi connectivity index (χ4n) is 3.00. The number of carbonyl (C=O) groups is 2. The lowest BCUT2D eigenvalue weighted by molar-refractivity contribution is -0.123. The van der Waals surface area contributed by atoms with Gasteiger partial charge in [-0.05, 0) is 31.2 Å². The van der Waals surface area contributed by atoms with Gasteiger partial charge in [0.25, 0.3) is 5.91 Å². The summed E-state index contributed by atoms with van der Waals surface area (Å²) in [4.78, 5) is 25.1. The molecule has 0 aliphatic carbocycles. The molecule has 1 aliphatic rings. The number of hydrogen-bond donors (Lipinski definition) is 1. The molecule has 9 heteroatoms. The van der Waals surface area contributed by atoms with E-state index in [4.69, 9.17) is 18.9 Å². The molecule has 1 atom stereocenters. The summed E-state index contributed by atoms with van der Waals surface area (Å²) in [6.07, 6.45) is 0.513. The van der Waals surface area contributed by atoms with E-state index in [0.29, 0.717) is 30.4 Å². The fourth-order valence-corrected chi connectivity index (χ4v) is 3.00. The third kappa shape index (κ3) is 4.45.